The minimum atomic E-state index is 1.07. The van der Waals surface area contributed by atoms with Crippen LogP contribution in [-0.4, -0.2) is 0 Å². The van der Waals surface area contributed by atoms with Gasteiger partial charge in [-0.2, -0.15) is 0 Å². The lowest BCUT2D eigenvalue weighted by Crippen LogP contribution is -2.09. The molecule has 0 heteroatoms. The van der Waals surface area contributed by atoms with Gasteiger partial charge in [-0.25, -0.2) is 0 Å². The van der Waals surface area contributed by atoms with Crippen molar-refractivity contribution >= 4 is 0 Å². The van der Waals surface area contributed by atoms with Crippen LogP contribution in [0.5, 0.6) is 0 Å². The summed E-state index contributed by atoms with van der Waals surface area (Å²) in [5.41, 5.74) is 1.78. The topological polar surface area (TPSA) is 0 Å². The summed E-state index contributed by atoms with van der Waals surface area (Å²) in [6.45, 7) is 0. The van der Waals surface area contributed by atoms with Crippen molar-refractivity contribution < 1.29 is 0 Å². The van der Waals surface area contributed by atoms with Crippen molar-refractivity contribution in [1.82, 2.24) is 0 Å². The first-order valence-electron chi connectivity index (χ1n) is 5.13. The number of rotatable bonds is 0. The molecule has 2 bridgehead atoms. The molecule has 0 aromatic rings. The molecule has 1 fully saturated rings. The van der Waals surface area contributed by atoms with E-state index in [0.29, 0.717) is 0 Å². The van der Waals surface area contributed by atoms with E-state index < -0.39 is 0 Å². The third kappa shape index (κ3) is 1.85. The molecule has 0 nitrogen and oxygen atoms in total. The van der Waals surface area contributed by atoms with Gasteiger partial charge in [0.05, 0.1) is 0 Å². The minimum Gasteiger partial charge on any atom is -0.0853 e. The Labute approximate surface area is 69.7 Å². The highest BCUT2D eigenvalue weighted by Gasteiger charge is 2.17. The molecule has 0 aliphatic heterocycles. The minimum absolute atomic E-state index is 1.07. The largest absolute Gasteiger partial charge is 0.0853 e. The number of hydrogen-bond acceptors (Lipinski definition) is 0. The van der Waals surface area contributed by atoms with Crippen LogP contribution in [-0.2, 0) is 0 Å². The molecule has 0 amide bonds. The number of allylic oxidation sites excluding steroid dienone is 2. The lowest BCUT2D eigenvalue weighted by molar-refractivity contribution is 0.371. The maximum absolute atomic E-state index is 2.52. The monoisotopic (exact) mass is 150 g/mol. The maximum Gasteiger partial charge on any atom is -0.0292 e. The molecule has 0 spiro atoms. The molecule has 1 unspecified atom stereocenters. The van der Waals surface area contributed by atoms with Gasteiger partial charge in [0.2, 0.25) is 0 Å². The van der Waals surface area contributed by atoms with E-state index in [0.717, 1.165) is 5.92 Å². The Morgan fingerprint density at radius 1 is 1.09 bits per heavy atom. The highest BCUT2D eigenvalue weighted by molar-refractivity contribution is 5.06. The predicted molar refractivity (Wildman–Crippen MR) is 48.5 cm³/mol. The van der Waals surface area contributed by atoms with Crippen LogP contribution in [0.1, 0.15) is 51.4 Å². The van der Waals surface area contributed by atoms with Crippen molar-refractivity contribution in [3.05, 3.63) is 11.6 Å². The van der Waals surface area contributed by atoms with E-state index in [9.17, 15) is 0 Å². The molecule has 2 aliphatic rings. The second-order valence-electron chi connectivity index (χ2n) is 4.11. The maximum atomic E-state index is 2.52. The summed E-state index contributed by atoms with van der Waals surface area (Å²) < 4.78 is 0. The van der Waals surface area contributed by atoms with Crippen LogP contribution in [0.2, 0.25) is 0 Å². The van der Waals surface area contributed by atoms with E-state index in [4.69, 9.17) is 0 Å². The molecular formula is C11H18. The Morgan fingerprint density at radius 2 is 2.00 bits per heavy atom. The lowest BCUT2D eigenvalue weighted by Gasteiger charge is -2.25. The van der Waals surface area contributed by atoms with Gasteiger partial charge >= 0.3 is 0 Å². The molecule has 1 atom stereocenters. The fraction of sp³-hybridized carbons (Fsp3) is 0.818. The Bertz CT molecular complexity index is 155. The first-order valence-corrected chi connectivity index (χ1v) is 5.13. The molecule has 0 saturated heterocycles. The van der Waals surface area contributed by atoms with Crippen LogP contribution < -0.4 is 0 Å². The second-order valence-corrected chi connectivity index (χ2v) is 4.11. The van der Waals surface area contributed by atoms with Crippen LogP contribution in [0, 0.1) is 5.92 Å². The highest BCUT2D eigenvalue weighted by Crippen LogP contribution is 2.33. The molecule has 0 aromatic heterocycles. The van der Waals surface area contributed by atoms with Crippen molar-refractivity contribution in [1.29, 1.82) is 0 Å². The molecule has 0 aromatic carbocycles. The van der Waals surface area contributed by atoms with Gasteiger partial charge in [0.15, 0.2) is 0 Å². The normalized spacial score (nSPS) is 32.0. The summed E-state index contributed by atoms with van der Waals surface area (Å²) in [5, 5.41) is 0. The van der Waals surface area contributed by atoms with Crippen molar-refractivity contribution in [2.45, 2.75) is 51.4 Å². The average Bonchev–Trinajstić information content (AvgIpc) is 2.02. The second kappa shape index (κ2) is 3.42. The van der Waals surface area contributed by atoms with Crippen molar-refractivity contribution in [3.63, 3.8) is 0 Å². The molecule has 62 valence electrons. The molecule has 0 heterocycles. The first-order chi connectivity index (χ1) is 5.45. The summed E-state index contributed by atoms with van der Waals surface area (Å²) in [6.07, 6.45) is 14.2. The first kappa shape index (κ1) is 7.39. The van der Waals surface area contributed by atoms with Crippen LogP contribution in [0.4, 0.5) is 0 Å². The van der Waals surface area contributed by atoms with Gasteiger partial charge in [-0.15, -0.1) is 0 Å². The van der Waals surface area contributed by atoms with E-state index in [-0.39, 0.29) is 0 Å². The summed E-state index contributed by atoms with van der Waals surface area (Å²) in [5.74, 6) is 1.07. The molecule has 1 saturated carbocycles. The van der Waals surface area contributed by atoms with Crippen molar-refractivity contribution in [2.75, 3.05) is 0 Å². The zero-order valence-electron chi connectivity index (χ0n) is 7.31. The fourth-order valence-electron chi connectivity index (χ4n) is 2.51. The molecule has 2 rings (SSSR count). The molecule has 2 aliphatic carbocycles. The van der Waals surface area contributed by atoms with Crippen LogP contribution in [0.3, 0.4) is 0 Å². The van der Waals surface area contributed by atoms with E-state index in [2.05, 4.69) is 6.08 Å². The van der Waals surface area contributed by atoms with E-state index in [1.54, 1.807) is 5.57 Å². The Balaban J connectivity index is 2.04. The van der Waals surface area contributed by atoms with Crippen molar-refractivity contribution in [2.24, 2.45) is 5.92 Å². The highest BCUT2D eigenvalue weighted by atomic mass is 14.2. The van der Waals surface area contributed by atoms with E-state index in [1.165, 1.54) is 51.4 Å². The van der Waals surface area contributed by atoms with Gasteiger partial charge in [-0.05, 0) is 44.4 Å². The molecule has 0 radical (unpaired) electrons. The van der Waals surface area contributed by atoms with Gasteiger partial charge in [-0.1, -0.05) is 24.5 Å². The molecule has 0 N–H and O–H groups in total. The predicted octanol–water partition coefficient (Wildman–Crippen LogP) is 3.68. The third-order valence-electron chi connectivity index (χ3n) is 3.16. The van der Waals surface area contributed by atoms with Gasteiger partial charge in [0, 0.05) is 0 Å². The Kier molecular flexibility index (Phi) is 2.30. The number of hydrogen-bond donors (Lipinski definition) is 0. The van der Waals surface area contributed by atoms with E-state index in [1.807, 2.05) is 0 Å². The fourth-order valence-corrected chi connectivity index (χ4v) is 2.51. The van der Waals surface area contributed by atoms with Crippen LogP contribution in [0.25, 0.3) is 0 Å². The Hall–Kier alpha value is -0.260. The van der Waals surface area contributed by atoms with Crippen LogP contribution >= 0.6 is 0 Å². The molecule has 11 heavy (non-hydrogen) atoms. The van der Waals surface area contributed by atoms with Gasteiger partial charge in [-0.3, -0.25) is 0 Å². The summed E-state index contributed by atoms with van der Waals surface area (Å²) in [6, 6.07) is 0. The van der Waals surface area contributed by atoms with Gasteiger partial charge in [0.25, 0.3) is 0 Å². The van der Waals surface area contributed by atoms with Crippen molar-refractivity contribution in [3.8, 4) is 0 Å². The SMILES string of the molecule is C1=C2CCCC(CCCC1)C2. The standard InChI is InChI=1S/C11H18/c1-2-5-10-7-4-8-11(9-10)6-3-1/h5,11H,1-4,6-9H2. The van der Waals surface area contributed by atoms with Gasteiger partial charge in [0.1, 0.15) is 0 Å². The zero-order chi connectivity index (χ0) is 7.52. The summed E-state index contributed by atoms with van der Waals surface area (Å²) >= 11 is 0. The summed E-state index contributed by atoms with van der Waals surface area (Å²) in [4.78, 5) is 0. The van der Waals surface area contributed by atoms with E-state index >= 15 is 0 Å². The third-order valence-corrected chi connectivity index (χ3v) is 3.16. The quantitative estimate of drug-likeness (QED) is 0.462. The van der Waals surface area contributed by atoms with Crippen LogP contribution in [0.15, 0.2) is 11.6 Å². The van der Waals surface area contributed by atoms with Gasteiger partial charge < -0.3 is 0 Å². The zero-order valence-corrected chi connectivity index (χ0v) is 7.31. The Morgan fingerprint density at radius 3 is 3.00 bits per heavy atom. The molecular weight excluding hydrogens is 132 g/mol. The smallest absolute Gasteiger partial charge is 0.0292 e. The summed E-state index contributed by atoms with van der Waals surface area (Å²) in [7, 11) is 0. The number of fused-ring (bicyclic) bond motifs is 2. The average molecular weight is 150 g/mol. The lowest BCUT2D eigenvalue weighted by atomic mass is 9.80.